The van der Waals surface area contributed by atoms with Crippen molar-refractivity contribution in [1.29, 1.82) is 0 Å². The molecule has 4 aromatic carbocycles. The SMILES string of the molecule is CC(C)CNC(=O)[C@@H](c1ccccc1)N(Cc1ccccc1)C(=O)COc1ccc(S(=O)(=O)Nc2ccc(F)cc2)cc1. The van der Waals surface area contributed by atoms with Gasteiger partial charge in [-0.1, -0.05) is 74.5 Å². The molecular weight excluding hydrogens is 569 g/mol. The topological polar surface area (TPSA) is 105 Å². The monoisotopic (exact) mass is 603 g/mol. The standard InChI is InChI=1S/C33H34FN3O5S/c1-24(2)21-35-33(39)32(26-11-7-4-8-12-26)37(22-25-9-5-3-6-10-25)31(38)23-42-29-17-19-30(20-18-29)43(40,41)36-28-15-13-27(34)14-16-28/h3-20,24,32,36H,21-23H2,1-2H3,(H,35,39)/t32-/m1/s1. The van der Waals surface area contributed by atoms with Gasteiger partial charge in [0, 0.05) is 18.8 Å². The number of nitrogens with one attached hydrogen (secondary N) is 2. The largest absolute Gasteiger partial charge is 0.484 e. The zero-order valence-electron chi connectivity index (χ0n) is 23.9. The molecule has 4 rings (SSSR count). The van der Waals surface area contributed by atoms with Crippen LogP contribution in [0.4, 0.5) is 10.1 Å². The number of amides is 2. The number of halogens is 1. The van der Waals surface area contributed by atoms with Gasteiger partial charge in [0.1, 0.15) is 17.6 Å². The molecule has 0 saturated heterocycles. The molecule has 0 unspecified atom stereocenters. The summed E-state index contributed by atoms with van der Waals surface area (Å²) >= 11 is 0. The Morgan fingerprint density at radius 2 is 1.44 bits per heavy atom. The molecule has 8 nitrogen and oxygen atoms in total. The molecule has 224 valence electrons. The van der Waals surface area contributed by atoms with Gasteiger partial charge < -0.3 is 15.0 Å². The number of rotatable bonds is 13. The van der Waals surface area contributed by atoms with Gasteiger partial charge in [-0.2, -0.15) is 0 Å². The zero-order chi connectivity index (χ0) is 30.8. The molecule has 0 bridgehead atoms. The fourth-order valence-corrected chi connectivity index (χ4v) is 5.35. The highest BCUT2D eigenvalue weighted by atomic mass is 32.2. The molecule has 0 aromatic heterocycles. The molecule has 0 heterocycles. The maximum absolute atomic E-state index is 13.7. The lowest BCUT2D eigenvalue weighted by Crippen LogP contribution is -2.45. The van der Waals surface area contributed by atoms with Crippen molar-refractivity contribution < 1.29 is 27.1 Å². The molecule has 0 radical (unpaired) electrons. The van der Waals surface area contributed by atoms with Gasteiger partial charge in [-0.15, -0.1) is 0 Å². The molecule has 1 atom stereocenters. The van der Waals surface area contributed by atoms with E-state index in [0.29, 0.717) is 12.1 Å². The molecular formula is C33H34FN3O5S. The van der Waals surface area contributed by atoms with Gasteiger partial charge >= 0.3 is 0 Å². The van der Waals surface area contributed by atoms with Gasteiger partial charge in [0.2, 0.25) is 5.91 Å². The summed E-state index contributed by atoms with van der Waals surface area (Å²) in [6.07, 6.45) is 0. The molecule has 0 saturated carbocycles. The third-order valence-corrected chi connectivity index (χ3v) is 7.87. The number of hydrogen-bond donors (Lipinski definition) is 2. The Kier molecular flexibility index (Phi) is 10.5. The molecule has 2 amide bonds. The Hall–Kier alpha value is -4.70. The predicted octanol–water partition coefficient (Wildman–Crippen LogP) is 5.55. The maximum Gasteiger partial charge on any atom is 0.261 e. The fraction of sp³-hybridized carbons (Fsp3) is 0.212. The molecule has 43 heavy (non-hydrogen) atoms. The number of carbonyl (C=O) groups is 2. The van der Waals surface area contributed by atoms with Crippen LogP contribution in [0.15, 0.2) is 114 Å². The maximum atomic E-state index is 13.7. The van der Waals surface area contributed by atoms with E-state index in [9.17, 15) is 22.4 Å². The average Bonchev–Trinajstić information content (AvgIpc) is 3.01. The molecule has 0 aliphatic carbocycles. The first kappa shape index (κ1) is 31.2. The average molecular weight is 604 g/mol. The zero-order valence-corrected chi connectivity index (χ0v) is 24.8. The van der Waals surface area contributed by atoms with E-state index in [1.165, 1.54) is 41.3 Å². The fourth-order valence-electron chi connectivity index (χ4n) is 4.29. The van der Waals surface area contributed by atoms with Crippen molar-refractivity contribution in [2.75, 3.05) is 17.9 Å². The first-order valence-corrected chi connectivity index (χ1v) is 15.3. The highest BCUT2D eigenvalue weighted by molar-refractivity contribution is 7.92. The van der Waals surface area contributed by atoms with Gasteiger partial charge in [-0.3, -0.25) is 14.3 Å². The minimum absolute atomic E-state index is 0.0350. The van der Waals surface area contributed by atoms with E-state index in [0.717, 1.165) is 17.7 Å². The lowest BCUT2D eigenvalue weighted by Gasteiger charge is -2.32. The Labute approximate surface area is 251 Å². The van der Waals surface area contributed by atoms with Crippen LogP contribution >= 0.6 is 0 Å². The normalized spacial score (nSPS) is 11.9. The molecule has 2 N–H and O–H groups in total. The van der Waals surface area contributed by atoms with Crippen LogP contribution in [0.1, 0.15) is 31.0 Å². The van der Waals surface area contributed by atoms with E-state index < -0.39 is 27.8 Å². The van der Waals surface area contributed by atoms with E-state index in [2.05, 4.69) is 10.0 Å². The second-order valence-corrected chi connectivity index (χ2v) is 12.0. The van der Waals surface area contributed by atoms with Gasteiger partial charge in [0.25, 0.3) is 15.9 Å². The van der Waals surface area contributed by atoms with Gasteiger partial charge in [0.15, 0.2) is 6.61 Å². The number of anilines is 1. The van der Waals surface area contributed by atoms with Crippen molar-refractivity contribution in [3.63, 3.8) is 0 Å². The second-order valence-electron chi connectivity index (χ2n) is 10.3. The number of sulfonamides is 1. The summed E-state index contributed by atoms with van der Waals surface area (Å²) in [6, 6.07) is 28.1. The number of carbonyl (C=O) groups excluding carboxylic acids is 2. The molecule has 0 aliphatic heterocycles. The first-order chi connectivity index (χ1) is 20.6. The summed E-state index contributed by atoms with van der Waals surface area (Å²) in [6.45, 7) is 4.23. The van der Waals surface area contributed by atoms with Crippen molar-refractivity contribution in [3.05, 3.63) is 126 Å². The third-order valence-electron chi connectivity index (χ3n) is 6.47. The number of ether oxygens (including phenoxy) is 1. The van der Waals surface area contributed by atoms with E-state index in [1.54, 1.807) is 0 Å². The smallest absolute Gasteiger partial charge is 0.261 e. The first-order valence-electron chi connectivity index (χ1n) is 13.8. The van der Waals surface area contributed by atoms with Crippen LogP contribution in [0.25, 0.3) is 0 Å². The number of hydrogen-bond acceptors (Lipinski definition) is 5. The minimum atomic E-state index is -3.93. The predicted molar refractivity (Wildman–Crippen MR) is 163 cm³/mol. The molecule has 0 fully saturated rings. The van der Waals surface area contributed by atoms with Gasteiger partial charge in [-0.25, -0.2) is 12.8 Å². The highest BCUT2D eigenvalue weighted by Crippen LogP contribution is 2.25. The minimum Gasteiger partial charge on any atom is -0.484 e. The van der Waals surface area contributed by atoms with Crippen LogP contribution in [0, 0.1) is 11.7 Å². The third kappa shape index (κ3) is 8.89. The van der Waals surface area contributed by atoms with Crippen LogP contribution in [-0.2, 0) is 26.2 Å². The van der Waals surface area contributed by atoms with Crippen molar-refractivity contribution in [1.82, 2.24) is 10.2 Å². The van der Waals surface area contributed by atoms with Crippen molar-refractivity contribution in [2.24, 2.45) is 5.92 Å². The van der Waals surface area contributed by atoms with Gasteiger partial charge in [0.05, 0.1) is 4.90 Å². The van der Waals surface area contributed by atoms with Gasteiger partial charge in [-0.05, 0) is 65.6 Å². The molecule has 0 aliphatic rings. The lowest BCUT2D eigenvalue weighted by atomic mass is 10.0. The Bertz CT molecular complexity index is 1600. The van der Waals surface area contributed by atoms with E-state index in [1.807, 2.05) is 74.5 Å². The van der Waals surface area contributed by atoms with Crippen molar-refractivity contribution in [3.8, 4) is 5.75 Å². The Balaban J connectivity index is 1.52. The van der Waals surface area contributed by atoms with Crippen LogP contribution < -0.4 is 14.8 Å². The summed E-state index contributed by atoms with van der Waals surface area (Å²) in [5, 5.41) is 2.96. The van der Waals surface area contributed by atoms with Crippen LogP contribution in [0.5, 0.6) is 5.75 Å². The van der Waals surface area contributed by atoms with E-state index >= 15 is 0 Å². The summed E-state index contributed by atoms with van der Waals surface area (Å²) in [4.78, 5) is 28.7. The van der Waals surface area contributed by atoms with E-state index in [-0.39, 0.29) is 41.3 Å². The summed E-state index contributed by atoms with van der Waals surface area (Å²) in [5.41, 5.74) is 1.73. The van der Waals surface area contributed by atoms with Crippen molar-refractivity contribution in [2.45, 2.75) is 31.3 Å². The van der Waals surface area contributed by atoms with Crippen LogP contribution in [0.2, 0.25) is 0 Å². The molecule has 0 spiro atoms. The lowest BCUT2D eigenvalue weighted by molar-refractivity contribution is -0.143. The summed E-state index contributed by atoms with van der Waals surface area (Å²) < 4.78 is 46.8. The molecule has 4 aromatic rings. The summed E-state index contributed by atoms with van der Waals surface area (Å²) in [5.74, 6) is -0.707. The van der Waals surface area contributed by atoms with Crippen LogP contribution in [-0.4, -0.2) is 38.3 Å². The van der Waals surface area contributed by atoms with Crippen LogP contribution in [0.3, 0.4) is 0 Å². The Morgan fingerprint density at radius 3 is 2.05 bits per heavy atom. The number of benzene rings is 4. The summed E-state index contributed by atoms with van der Waals surface area (Å²) in [7, 11) is -3.93. The number of nitrogens with zero attached hydrogens (tertiary/aromatic N) is 1. The van der Waals surface area contributed by atoms with E-state index in [4.69, 9.17) is 4.74 Å². The Morgan fingerprint density at radius 1 is 0.837 bits per heavy atom. The van der Waals surface area contributed by atoms with Crippen molar-refractivity contribution >= 4 is 27.5 Å². The quantitative estimate of drug-likeness (QED) is 0.209. The second kappa shape index (κ2) is 14.5. The highest BCUT2D eigenvalue weighted by Gasteiger charge is 2.32. The molecule has 10 heteroatoms.